The first-order valence-electron chi connectivity index (χ1n) is 10.6. The standard InChI is InChI=1S/C21H24FN7O/c1-21(2)19-27-16-15(13-6-11-5-10(13)7-14(11)22)26-17(12-8-24-20(23)25-9-12)28-18(16)29(19)3-4-30-21/h8-11,13-14H,3-7H2,1-2H3,(H2,23,24,25). The van der Waals surface area contributed by atoms with Gasteiger partial charge in [0.25, 0.3) is 0 Å². The second-order valence-electron chi connectivity index (χ2n) is 9.23. The summed E-state index contributed by atoms with van der Waals surface area (Å²) in [4.78, 5) is 23.0. The molecule has 2 N–H and O–H groups in total. The molecular weight excluding hydrogens is 385 g/mol. The normalized spacial score (nSPS) is 29.4. The van der Waals surface area contributed by atoms with Gasteiger partial charge < -0.3 is 15.0 Å². The number of ether oxygens (including phenoxy) is 1. The van der Waals surface area contributed by atoms with Crippen LogP contribution in [0.4, 0.5) is 10.3 Å². The Balaban J connectivity index is 1.57. The van der Waals surface area contributed by atoms with E-state index in [4.69, 9.17) is 25.4 Å². The van der Waals surface area contributed by atoms with Crippen LogP contribution in [0.1, 0.15) is 50.5 Å². The molecule has 0 amide bonds. The number of imidazole rings is 1. The highest BCUT2D eigenvalue weighted by atomic mass is 19.1. The fraction of sp³-hybridized carbons (Fsp3) is 0.571. The van der Waals surface area contributed by atoms with Gasteiger partial charge in [-0.1, -0.05) is 0 Å². The zero-order valence-electron chi connectivity index (χ0n) is 17.0. The van der Waals surface area contributed by atoms with Gasteiger partial charge in [-0.25, -0.2) is 29.3 Å². The molecule has 6 rings (SSSR count). The second-order valence-corrected chi connectivity index (χ2v) is 9.23. The van der Waals surface area contributed by atoms with E-state index < -0.39 is 11.8 Å². The molecular formula is C21H24FN7O. The van der Waals surface area contributed by atoms with Gasteiger partial charge in [0, 0.05) is 24.9 Å². The molecule has 2 saturated carbocycles. The van der Waals surface area contributed by atoms with Crippen LogP contribution in [0, 0.1) is 11.8 Å². The number of rotatable bonds is 2. The number of nitrogens with two attached hydrogens (primary N) is 1. The van der Waals surface area contributed by atoms with E-state index in [1.807, 2.05) is 13.8 Å². The molecule has 1 aliphatic heterocycles. The van der Waals surface area contributed by atoms with E-state index in [-0.39, 0.29) is 17.8 Å². The van der Waals surface area contributed by atoms with E-state index in [9.17, 15) is 4.39 Å². The number of fused-ring (bicyclic) bond motifs is 5. The summed E-state index contributed by atoms with van der Waals surface area (Å²) in [7, 11) is 0. The largest absolute Gasteiger partial charge is 0.368 e. The van der Waals surface area contributed by atoms with Crippen LogP contribution in [-0.2, 0) is 16.9 Å². The maximum Gasteiger partial charge on any atom is 0.219 e. The molecule has 156 valence electrons. The van der Waals surface area contributed by atoms with Crippen molar-refractivity contribution < 1.29 is 9.13 Å². The van der Waals surface area contributed by atoms with Crippen molar-refractivity contribution in [1.82, 2.24) is 29.5 Å². The number of nitrogen functional groups attached to an aromatic ring is 1. The van der Waals surface area contributed by atoms with Crippen LogP contribution < -0.4 is 5.73 Å². The zero-order valence-corrected chi connectivity index (χ0v) is 17.0. The molecule has 3 aromatic rings. The van der Waals surface area contributed by atoms with Crippen LogP contribution in [0.5, 0.6) is 0 Å². The summed E-state index contributed by atoms with van der Waals surface area (Å²) in [5.41, 5.74) is 8.41. The third-order valence-electron chi connectivity index (χ3n) is 6.99. The minimum Gasteiger partial charge on any atom is -0.368 e. The second kappa shape index (κ2) is 6.16. The Labute approximate surface area is 173 Å². The lowest BCUT2D eigenvalue weighted by molar-refractivity contribution is -0.0530. The monoisotopic (exact) mass is 409 g/mol. The molecule has 30 heavy (non-hydrogen) atoms. The van der Waals surface area contributed by atoms with Crippen LogP contribution in [0.25, 0.3) is 22.6 Å². The Morgan fingerprint density at radius 1 is 1.10 bits per heavy atom. The van der Waals surface area contributed by atoms with E-state index in [1.165, 1.54) is 0 Å². The summed E-state index contributed by atoms with van der Waals surface area (Å²) in [6.45, 7) is 5.34. The molecule has 4 heterocycles. The lowest BCUT2D eigenvalue weighted by Gasteiger charge is -2.30. The fourth-order valence-electron chi connectivity index (χ4n) is 5.53. The van der Waals surface area contributed by atoms with Crippen molar-refractivity contribution in [1.29, 1.82) is 0 Å². The lowest BCUT2D eigenvalue weighted by atomic mass is 9.85. The van der Waals surface area contributed by atoms with Gasteiger partial charge in [-0.15, -0.1) is 0 Å². The molecule has 2 bridgehead atoms. The highest BCUT2D eigenvalue weighted by molar-refractivity contribution is 5.78. The van der Waals surface area contributed by atoms with Crippen molar-refractivity contribution in [2.75, 3.05) is 12.3 Å². The van der Waals surface area contributed by atoms with Crippen LogP contribution in [0.15, 0.2) is 12.4 Å². The average molecular weight is 409 g/mol. The highest BCUT2D eigenvalue weighted by Gasteiger charge is 2.48. The minimum absolute atomic E-state index is 0.130. The minimum atomic E-state index is -0.684. The van der Waals surface area contributed by atoms with E-state index in [0.717, 1.165) is 35.5 Å². The molecule has 4 atom stereocenters. The number of hydrogen-bond acceptors (Lipinski definition) is 7. The van der Waals surface area contributed by atoms with Crippen LogP contribution >= 0.6 is 0 Å². The van der Waals surface area contributed by atoms with E-state index >= 15 is 0 Å². The van der Waals surface area contributed by atoms with Crippen LogP contribution in [0.3, 0.4) is 0 Å². The smallest absolute Gasteiger partial charge is 0.219 e. The van der Waals surface area contributed by atoms with Crippen LogP contribution in [-0.4, -0.2) is 42.3 Å². The molecule has 4 unspecified atom stereocenters. The quantitative estimate of drug-likeness (QED) is 0.694. The van der Waals surface area contributed by atoms with Crippen molar-refractivity contribution in [3.05, 3.63) is 23.9 Å². The Hall–Kier alpha value is -2.68. The van der Waals surface area contributed by atoms with Gasteiger partial charge in [-0.2, -0.15) is 0 Å². The zero-order chi connectivity index (χ0) is 20.6. The van der Waals surface area contributed by atoms with Gasteiger partial charge in [0.2, 0.25) is 5.95 Å². The summed E-state index contributed by atoms with van der Waals surface area (Å²) < 4.78 is 22.3. The Kier molecular flexibility index (Phi) is 3.72. The number of hydrogen-bond donors (Lipinski definition) is 1. The van der Waals surface area contributed by atoms with E-state index in [1.54, 1.807) is 12.4 Å². The predicted octanol–water partition coefficient (Wildman–Crippen LogP) is 2.98. The molecule has 2 fully saturated rings. The summed E-state index contributed by atoms with van der Waals surface area (Å²) in [6.07, 6.45) is 4.97. The SMILES string of the molecule is CC1(C)OCCn2c1nc1c(C3CC4CC3CC4F)nc(-c3cnc(N)nc3)nc12. The molecule has 3 aromatic heterocycles. The fourth-order valence-corrected chi connectivity index (χ4v) is 5.53. The number of anilines is 1. The topological polar surface area (TPSA) is 105 Å². The number of aromatic nitrogens is 6. The third-order valence-corrected chi connectivity index (χ3v) is 6.99. The summed E-state index contributed by atoms with van der Waals surface area (Å²) in [6, 6.07) is 0. The first kappa shape index (κ1) is 18.1. The molecule has 9 heteroatoms. The molecule has 8 nitrogen and oxygen atoms in total. The maximum absolute atomic E-state index is 14.2. The lowest BCUT2D eigenvalue weighted by Crippen LogP contribution is -2.33. The molecule has 0 saturated heterocycles. The molecule has 0 radical (unpaired) electrons. The van der Waals surface area contributed by atoms with Crippen molar-refractivity contribution in [2.24, 2.45) is 11.8 Å². The number of alkyl halides is 1. The Morgan fingerprint density at radius 2 is 1.90 bits per heavy atom. The number of nitrogens with zero attached hydrogens (tertiary/aromatic N) is 6. The summed E-state index contributed by atoms with van der Waals surface area (Å²) >= 11 is 0. The molecule has 0 spiro atoms. The first-order valence-corrected chi connectivity index (χ1v) is 10.6. The van der Waals surface area contributed by atoms with Crippen molar-refractivity contribution in [3.8, 4) is 11.4 Å². The summed E-state index contributed by atoms with van der Waals surface area (Å²) in [5.74, 6) is 2.26. The Morgan fingerprint density at radius 3 is 2.60 bits per heavy atom. The molecule has 3 aliphatic rings. The van der Waals surface area contributed by atoms with Crippen molar-refractivity contribution in [3.63, 3.8) is 0 Å². The molecule has 0 aromatic carbocycles. The van der Waals surface area contributed by atoms with Gasteiger partial charge in [0.05, 0.1) is 17.9 Å². The van der Waals surface area contributed by atoms with Gasteiger partial charge in [-0.05, 0) is 44.9 Å². The van der Waals surface area contributed by atoms with Gasteiger partial charge in [0.1, 0.15) is 23.1 Å². The number of halogens is 1. The van der Waals surface area contributed by atoms with Crippen LogP contribution in [0.2, 0.25) is 0 Å². The van der Waals surface area contributed by atoms with E-state index in [0.29, 0.717) is 36.9 Å². The van der Waals surface area contributed by atoms with E-state index in [2.05, 4.69) is 14.5 Å². The van der Waals surface area contributed by atoms with Gasteiger partial charge in [0.15, 0.2) is 11.5 Å². The average Bonchev–Trinajstić information content (AvgIpc) is 3.40. The summed E-state index contributed by atoms with van der Waals surface area (Å²) in [5, 5.41) is 0. The molecule has 2 aliphatic carbocycles. The highest BCUT2D eigenvalue weighted by Crippen LogP contribution is 2.54. The Bertz CT molecular complexity index is 1140. The van der Waals surface area contributed by atoms with Crippen molar-refractivity contribution >= 4 is 17.1 Å². The van der Waals surface area contributed by atoms with Crippen molar-refractivity contribution in [2.45, 2.75) is 57.3 Å². The first-order chi connectivity index (χ1) is 14.4. The van der Waals surface area contributed by atoms with Gasteiger partial charge >= 0.3 is 0 Å². The van der Waals surface area contributed by atoms with Gasteiger partial charge in [-0.3, -0.25) is 0 Å². The maximum atomic E-state index is 14.2. The third kappa shape index (κ3) is 2.57. The predicted molar refractivity (Wildman–Crippen MR) is 108 cm³/mol.